The highest BCUT2D eigenvalue weighted by Gasteiger charge is 1.96. The first-order chi connectivity index (χ1) is 14.9. The van der Waals surface area contributed by atoms with E-state index in [0.29, 0.717) is 0 Å². The Balaban J connectivity index is 2.97. The molecule has 0 amide bonds. The summed E-state index contributed by atoms with van der Waals surface area (Å²) in [5.41, 5.74) is 0. The van der Waals surface area contributed by atoms with Gasteiger partial charge in [0.2, 0.25) is 0 Å². The summed E-state index contributed by atoms with van der Waals surface area (Å²) in [6.45, 7) is 2.31. The molecule has 1 unspecified atom stereocenters. The third-order valence-electron chi connectivity index (χ3n) is 6.81. The average Bonchev–Trinajstić information content (AvgIpc) is 2.76. The van der Waals surface area contributed by atoms with E-state index in [1.54, 1.807) is 0 Å². The molecule has 0 heterocycles. The normalized spacial score (nSPS) is 11.4. The summed E-state index contributed by atoms with van der Waals surface area (Å²) in [6.07, 6.45) is 41.2. The lowest BCUT2D eigenvalue weighted by Gasteiger charge is -2.04. The van der Waals surface area contributed by atoms with Crippen molar-refractivity contribution in [2.75, 3.05) is 6.16 Å². The largest absolute Gasteiger partial charge is 0.138 e. The lowest BCUT2D eigenvalue weighted by molar-refractivity contribution is 0.515. The van der Waals surface area contributed by atoms with Gasteiger partial charge in [-0.3, -0.25) is 0 Å². The van der Waals surface area contributed by atoms with Gasteiger partial charge in [0.05, 0.1) is 0 Å². The third-order valence-corrected chi connectivity index (χ3v) is 7.22. The molecular weight excluding hydrogens is 379 g/mol. The van der Waals surface area contributed by atoms with Gasteiger partial charge >= 0.3 is 0 Å². The molecule has 0 bridgehead atoms. The first-order valence-electron chi connectivity index (χ1n) is 14.6. The van der Waals surface area contributed by atoms with Crippen LogP contribution in [0, 0.1) is 0 Å². The molecule has 0 N–H and O–H groups in total. The fourth-order valence-electron chi connectivity index (χ4n) is 4.64. The maximum absolute atomic E-state index is 2.84. The fourth-order valence-corrected chi connectivity index (χ4v) is 4.93. The topological polar surface area (TPSA) is 0 Å². The van der Waals surface area contributed by atoms with E-state index < -0.39 is 0 Å². The van der Waals surface area contributed by atoms with E-state index >= 15 is 0 Å². The highest BCUT2D eigenvalue weighted by atomic mass is 31.0. The maximum atomic E-state index is 2.84. The maximum Gasteiger partial charge on any atom is -0.0381 e. The molecule has 0 aliphatic heterocycles. The summed E-state index contributed by atoms with van der Waals surface area (Å²) < 4.78 is 0. The molecule has 0 fully saturated rings. The van der Waals surface area contributed by atoms with E-state index in [2.05, 4.69) is 16.2 Å². The van der Waals surface area contributed by atoms with Crippen LogP contribution in [0.15, 0.2) is 0 Å². The minimum absolute atomic E-state index is 1.29. The van der Waals surface area contributed by atoms with Gasteiger partial charge in [-0.05, 0) is 12.6 Å². The number of hydrogen-bond acceptors (Lipinski definition) is 0. The fraction of sp³-hybridized carbons (Fsp3) is 1.00. The Hall–Kier alpha value is 0.430. The van der Waals surface area contributed by atoms with E-state index in [9.17, 15) is 0 Å². The second-order valence-corrected chi connectivity index (χ2v) is 10.6. The van der Waals surface area contributed by atoms with Crippen LogP contribution in [0.4, 0.5) is 0 Å². The molecule has 30 heavy (non-hydrogen) atoms. The van der Waals surface area contributed by atoms with E-state index in [0.717, 1.165) is 0 Å². The zero-order valence-electron chi connectivity index (χ0n) is 21.4. The van der Waals surface area contributed by atoms with Gasteiger partial charge in [-0.25, -0.2) is 0 Å². The van der Waals surface area contributed by atoms with Crippen LogP contribution in [0.25, 0.3) is 0 Å². The molecule has 0 spiro atoms. The highest BCUT2D eigenvalue weighted by Crippen LogP contribution is 2.16. The van der Waals surface area contributed by atoms with Crippen LogP contribution in [0.3, 0.4) is 0 Å². The SMILES string of the molecule is CCCCCCCCCCCCCCCCCCCCCCCCCCCCCP. The van der Waals surface area contributed by atoms with Gasteiger partial charge in [-0.15, -0.1) is 9.24 Å². The molecule has 0 aliphatic carbocycles. The number of rotatable bonds is 27. The molecule has 0 nitrogen and oxygen atoms in total. The van der Waals surface area contributed by atoms with Crippen molar-refractivity contribution in [1.82, 2.24) is 0 Å². The summed E-state index contributed by atoms with van der Waals surface area (Å²) in [5, 5.41) is 0. The molecule has 0 aromatic heterocycles. The molecule has 0 rings (SSSR count). The molecule has 0 aliphatic rings. The zero-order valence-corrected chi connectivity index (χ0v) is 22.5. The van der Waals surface area contributed by atoms with Crippen LogP contribution in [0.2, 0.25) is 0 Å². The molecule has 1 heteroatoms. The van der Waals surface area contributed by atoms with Gasteiger partial charge in [-0.1, -0.05) is 174 Å². The minimum atomic E-state index is 1.29. The Morgan fingerprint density at radius 3 is 0.600 bits per heavy atom. The van der Waals surface area contributed by atoms with Crippen molar-refractivity contribution in [2.24, 2.45) is 0 Å². The molecule has 1 atom stereocenters. The molecular formula is C29H61P. The Bertz CT molecular complexity index is 248. The number of hydrogen-bond donors (Lipinski definition) is 0. The molecule has 0 saturated heterocycles. The van der Waals surface area contributed by atoms with Crippen LogP contribution < -0.4 is 0 Å². The van der Waals surface area contributed by atoms with Crippen molar-refractivity contribution >= 4 is 9.24 Å². The minimum Gasteiger partial charge on any atom is -0.138 e. The van der Waals surface area contributed by atoms with Gasteiger partial charge in [0, 0.05) is 0 Å². The summed E-state index contributed by atoms with van der Waals surface area (Å²) in [6, 6.07) is 0. The van der Waals surface area contributed by atoms with Crippen molar-refractivity contribution in [2.45, 2.75) is 180 Å². The van der Waals surface area contributed by atoms with Crippen LogP contribution >= 0.6 is 9.24 Å². The van der Waals surface area contributed by atoms with E-state index in [1.807, 2.05) is 0 Å². The van der Waals surface area contributed by atoms with Gasteiger partial charge in [0.25, 0.3) is 0 Å². The summed E-state index contributed by atoms with van der Waals surface area (Å²) in [7, 11) is 2.84. The van der Waals surface area contributed by atoms with E-state index in [4.69, 9.17) is 0 Å². The molecule has 0 radical (unpaired) electrons. The van der Waals surface area contributed by atoms with Crippen molar-refractivity contribution in [3.05, 3.63) is 0 Å². The Morgan fingerprint density at radius 1 is 0.267 bits per heavy atom. The first-order valence-corrected chi connectivity index (χ1v) is 15.4. The Kier molecular flexibility index (Phi) is 29.9. The van der Waals surface area contributed by atoms with Gasteiger partial charge in [-0.2, -0.15) is 0 Å². The van der Waals surface area contributed by atoms with Gasteiger partial charge in [0.1, 0.15) is 0 Å². The van der Waals surface area contributed by atoms with Crippen LogP contribution in [-0.2, 0) is 0 Å². The van der Waals surface area contributed by atoms with Gasteiger partial charge < -0.3 is 0 Å². The second kappa shape index (κ2) is 29.4. The van der Waals surface area contributed by atoms with E-state index in [-0.39, 0.29) is 0 Å². The third kappa shape index (κ3) is 28.4. The van der Waals surface area contributed by atoms with Crippen LogP contribution in [-0.4, -0.2) is 6.16 Å². The van der Waals surface area contributed by atoms with Crippen LogP contribution in [0.1, 0.15) is 180 Å². The van der Waals surface area contributed by atoms with Crippen molar-refractivity contribution in [1.29, 1.82) is 0 Å². The monoisotopic (exact) mass is 440 g/mol. The Morgan fingerprint density at radius 2 is 0.433 bits per heavy atom. The Labute approximate surface area is 195 Å². The van der Waals surface area contributed by atoms with E-state index in [1.165, 1.54) is 180 Å². The van der Waals surface area contributed by atoms with Crippen molar-refractivity contribution < 1.29 is 0 Å². The predicted octanol–water partition coefficient (Wildman–Crippen LogP) is 11.4. The summed E-state index contributed by atoms with van der Waals surface area (Å²) in [4.78, 5) is 0. The summed E-state index contributed by atoms with van der Waals surface area (Å²) in [5.74, 6) is 0. The molecule has 182 valence electrons. The molecule has 0 aromatic rings. The van der Waals surface area contributed by atoms with Crippen LogP contribution in [0.5, 0.6) is 0 Å². The smallest absolute Gasteiger partial charge is 0.0381 e. The summed E-state index contributed by atoms with van der Waals surface area (Å²) >= 11 is 0. The molecule has 0 aromatic carbocycles. The lowest BCUT2D eigenvalue weighted by atomic mass is 10.0. The quantitative estimate of drug-likeness (QED) is 0.0879. The zero-order chi connectivity index (χ0) is 21.8. The standard InChI is InChI=1S/C29H61P/c1-2-3-4-5-6-7-8-9-10-11-12-13-14-15-16-17-18-19-20-21-22-23-24-25-26-27-28-29-30/h2-30H2,1H3. The first kappa shape index (κ1) is 30.4. The number of unbranched alkanes of at least 4 members (excludes halogenated alkanes) is 26. The van der Waals surface area contributed by atoms with Gasteiger partial charge in [0.15, 0.2) is 0 Å². The highest BCUT2D eigenvalue weighted by molar-refractivity contribution is 7.16. The molecule has 0 saturated carbocycles. The predicted molar refractivity (Wildman–Crippen MR) is 145 cm³/mol. The lowest BCUT2D eigenvalue weighted by Crippen LogP contribution is -1.85. The van der Waals surface area contributed by atoms with Crippen molar-refractivity contribution in [3.8, 4) is 0 Å². The second-order valence-electron chi connectivity index (χ2n) is 9.98. The van der Waals surface area contributed by atoms with Crippen molar-refractivity contribution in [3.63, 3.8) is 0 Å². The average molecular weight is 441 g/mol.